The molecule has 1 aliphatic rings. The molecule has 1 saturated heterocycles. The zero-order valence-corrected chi connectivity index (χ0v) is 17.9. The maximum atomic E-state index is 12.9. The molecule has 1 aliphatic heterocycles. The lowest BCUT2D eigenvalue weighted by molar-refractivity contribution is -0.132. The minimum atomic E-state index is 0.0357. The Labute approximate surface area is 179 Å². The first kappa shape index (κ1) is 20.2. The van der Waals surface area contributed by atoms with Gasteiger partial charge in [0.1, 0.15) is 18.0 Å². The molecular formula is C20H23ClN6O3. The van der Waals surface area contributed by atoms with Crippen molar-refractivity contribution in [2.75, 3.05) is 38.2 Å². The molecule has 0 spiro atoms. The second-order valence-corrected chi connectivity index (χ2v) is 7.57. The molecule has 0 saturated carbocycles. The van der Waals surface area contributed by atoms with Crippen molar-refractivity contribution in [2.24, 2.45) is 0 Å². The third-order valence-electron chi connectivity index (χ3n) is 5.50. The molecule has 2 aromatic heterocycles. The van der Waals surface area contributed by atoms with Gasteiger partial charge in [-0.25, -0.2) is 0 Å². The Morgan fingerprint density at radius 2 is 2.00 bits per heavy atom. The lowest BCUT2D eigenvalue weighted by Crippen LogP contribution is -2.49. The number of benzene rings is 1. The monoisotopic (exact) mass is 430 g/mol. The quantitative estimate of drug-likeness (QED) is 0.614. The van der Waals surface area contributed by atoms with Crippen molar-refractivity contribution in [3.63, 3.8) is 0 Å². The van der Waals surface area contributed by atoms with Crippen LogP contribution < -0.4 is 9.64 Å². The van der Waals surface area contributed by atoms with E-state index in [4.69, 9.17) is 20.9 Å². The number of amides is 1. The van der Waals surface area contributed by atoms with Crippen LogP contribution in [0, 0.1) is 13.8 Å². The number of rotatable bonds is 5. The lowest BCUT2D eigenvalue weighted by Gasteiger charge is -2.36. The Morgan fingerprint density at radius 3 is 2.67 bits per heavy atom. The summed E-state index contributed by atoms with van der Waals surface area (Å²) in [5.41, 5.74) is 3.52. The third kappa shape index (κ3) is 3.85. The van der Waals surface area contributed by atoms with Gasteiger partial charge in [0.05, 0.1) is 12.1 Å². The fraction of sp³-hybridized carbons (Fsp3) is 0.400. The van der Waals surface area contributed by atoms with Crippen LogP contribution in [0.5, 0.6) is 5.75 Å². The number of anilines is 1. The number of hydrogen-bond donors (Lipinski definition) is 0. The predicted molar refractivity (Wildman–Crippen MR) is 112 cm³/mol. The maximum Gasteiger partial charge on any atom is 0.244 e. The second kappa shape index (κ2) is 8.35. The van der Waals surface area contributed by atoms with E-state index in [9.17, 15) is 4.79 Å². The van der Waals surface area contributed by atoms with Gasteiger partial charge in [0.25, 0.3) is 0 Å². The van der Waals surface area contributed by atoms with E-state index in [1.807, 2.05) is 36.9 Å². The molecule has 10 heteroatoms. The Morgan fingerprint density at radius 1 is 1.23 bits per heavy atom. The smallest absolute Gasteiger partial charge is 0.244 e. The molecule has 0 aliphatic carbocycles. The summed E-state index contributed by atoms with van der Waals surface area (Å²) in [6, 6.07) is 5.73. The van der Waals surface area contributed by atoms with Crippen LogP contribution in [0.25, 0.3) is 11.5 Å². The Kier molecular flexibility index (Phi) is 5.63. The van der Waals surface area contributed by atoms with Crippen LogP contribution in [0.4, 0.5) is 5.69 Å². The minimum absolute atomic E-state index is 0.0357. The van der Waals surface area contributed by atoms with E-state index in [-0.39, 0.29) is 12.5 Å². The number of ether oxygens (including phenoxy) is 1. The summed E-state index contributed by atoms with van der Waals surface area (Å²) in [6.07, 6.45) is 1.27. The zero-order valence-electron chi connectivity index (χ0n) is 17.1. The van der Waals surface area contributed by atoms with E-state index in [0.717, 1.165) is 30.0 Å². The van der Waals surface area contributed by atoms with Gasteiger partial charge < -0.3 is 19.1 Å². The molecule has 3 heterocycles. The van der Waals surface area contributed by atoms with Crippen molar-refractivity contribution < 1.29 is 14.1 Å². The highest BCUT2D eigenvalue weighted by molar-refractivity contribution is 6.32. The molecule has 3 aromatic rings. The number of nitrogens with zero attached hydrogens (tertiary/aromatic N) is 6. The molecule has 158 valence electrons. The number of halogens is 1. The lowest BCUT2D eigenvalue weighted by atomic mass is 10.2. The molecule has 0 bridgehead atoms. The molecule has 4 rings (SSSR count). The van der Waals surface area contributed by atoms with Gasteiger partial charge in [-0.1, -0.05) is 16.8 Å². The number of piperazine rings is 1. The SMILES string of the molecule is COc1cc(N2CCN(C(=O)Cn3nc(-c4ncon4)c(C)c3C)CC2)ccc1Cl. The maximum absolute atomic E-state index is 12.9. The van der Waals surface area contributed by atoms with Crippen molar-refractivity contribution in [2.45, 2.75) is 20.4 Å². The molecule has 30 heavy (non-hydrogen) atoms. The number of methoxy groups -OCH3 is 1. The van der Waals surface area contributed by atoms with Crippen LogP contribution in [-0.2, 0) is 11.3 Å². The van der Waals surface area contributed by atoms with Crippen molar-refractivity contribution in [3.8, 4) is 17.3 Å². The first-order valence-corrected chi connectivity index (χ1v) is 10.0. The highest BCUT2D eigenvalue weighted by Gasteiger charge is 2.24. The molecule has 1 aromatic carbocycles. The van der Waals surface area contributed by atoms with E-state index < -0.39 is 0 Å². The van der Waals surface area contributed by atoms with Crippen LogP contribution >= 0.6 is 11.6 Å². The summed E-state index contributed by atoms with van der Waals surface area (Å²) in [5.74, 6) is 1.11. The largest absolute Gasteiger partial charge is 0.495 e. The summed E-state index contributed by atoms with van der Waals surface area (Å²) >= 11 is 6.12. The predicted octanol–water partition coefficient (Wildman–Crippen LogP) is 2.56. The molecule has 1 fully saturated rings. The van der Waals surface area contributed by atoms with Gasteiger partial charge in [0.2, 0.25) is 18.1 Å². The van der Waals surface area contributed by atoms with E-state index >= 15 is 0 Å². The topological polar surface area (TPSA) is 89.5 Å². The second-order valence-electron chi connectivity index (χ2n) is 7.16. The van der Waals surface area contributed by atoms with Crippen molar-refractivity contribution >= 4 is 23.2 Å². The first-order chi connectivity index (χ1) is 14.5. The van der Waals surface area contributed by atoms with Crippen molar-refractivity contribution in [1.29, 1.82) is 0 Å². The number of carbonyl (C=O) groups is 1. The molecular weight excluding hydrogens is 408 g/mol. The van der Waals surface area contributed by atoms with Crippen LogP contribution in [0.15, 0.2) is 29.1 Å². The average Bonchev–Trinajstić information content (AvgIpc) is 3.38. The summed E-state index contributed by atoms with van der Waals surface area (Å²) in [4.78, 5) is 21.0. The fourth-order valence-electron chi connectivity index (χ4n) is 3.56. The van der Waals surface area contributed by atoms with E-state index in [0.29, 0.717) is 35.4 Å². The highest BCUT2D eigenvalue weighted by atomic mass is 35.5. The van der Waals surface area contributed by atoms with E-state index in [1.165, 1.54) is 6.39 Å². The van der Waals surface area contributed by atoms with Crippen LogP contribution in [0.1, 0.15) is 11.3 Å². The van der Waals surface area contributed by atoms with E-state index in [2.05, 4.69) is 20.1 Å². The van der Waals surface area contributed by atoms with Crippen molar-refractivity contribution in [3.05, 3.63) is 40.9 Å². The Hall–Kier alpha value is -3.07. The average molecular weight is 431 g/mol. The molecule has 0 N–H and O–H groups in total. The number of aromatic nitrogens is 4. The molecule has 0 unspecified atom stereocenters. The molecule has 0 radical (unpaired) electrons. The Bertz CT molecular complexity index is 1040. The van der Waals surface area contributed by atoms with Crippen LogP contribution in [0.3, 0.4) is 0 Å². The first-order valence-electron chi connectivity index (χ1n) is 9.65. The van der Waals surface area contributed by atoms with Gasteiger partial charge in [0, 0.05) is 49.2 Å². The van der Waals surface area contributed by atoms with Gasteiger partial charge in [0.15, 0.2) is 0 Å². The zero-order chi connectivity index (χ0) is 21.3. The Balaban J connectivity index is 1.40. The minimum Gasteiger partial charge on any atom is -0.495 e. The van der Waals surface area contributed by atoms with E-state index in [1.54, 1.807) is 11.8 Å². The third-order valence-corrected chi connectivity index (χ3v) is 5.81. The normalized spacial score (nSPS) is 14.3. The van der Waals surface area contributed by atoms with Crippen molar-refractivity contribution in [1.82, 2.24) is 24.8 Å². The highest BCUT2D eigenvalue weighted by Crippen LogP contribution is 2.30. The summed E-state index contributed by atoms with van der Waals surface area (Å²) in [5, 5.41) is 8.95. The van der Waals surface area contributed by atoms with Gasteiger partial charge in [-0.2, -0.15) is 10.1 Å². The molecule has 0 atom stereocenters. The fourth-order valence-corrected chi connectivity index (χ4v) is 3.76. The standard InChI is InChI=1S/C20H23ClN6O3/c1-13-14(2)27(23-19(13)20-22-12-30-24-20)11-18(28)26-8-6-25(7-9-26)15-4-5-16(21)17(10-15)29-3/h4-5,10,12H,6-9,11H2,1-3H3. The van der Waals surface area contributed by atoms with Crippen LogP contribution in [-0.4, -0.2) is 64.0 Å². The molecule has 1 amide bonds. The summed E-state index contributed by atoms with van der Waals surface area (Å²) < 4.78 is 11.8. The van der Waals surface area contributed by atoms with Gasteiger partial charge in [-0.3, -0.25) is 9.48 Å². The summed E-state index contributed by atoms with van der Waals surface area (Å²) in [7, 11) is 1.60. The van der Waals surface area contributed by atoms with Gasteiger partial charge in [-0.05, 0) is 26.0 Å². The number of carbonyl (C=O) groups excluding carboxylic acids is 1. The van der Waals surface area contributed by atoms with Crippen LogP contribution in [0.2, 0.25) is 5.02 Å². The van der Waals surface area contributed by atoms with Gasteiger partial charge in [-0.15, -0.1) is 0 Å². The van der Waals surface area contributed by atoms with Gasteiger partial charge >= 0.3 is 0 Å². The summed E-state index contributed by atoms with van der Waals surface area (Å²) in [6.45, 7) is 6.81. The molecule has 9 nitrogen and oxygen atoms in total. The number of hydrogen-bond acceptors (Lipinski definition) is 7.